The van der Waals surface area contributed by atoms with Gasteiger partial charge in [-0.2, -0.15) is 5.10 Å². The number of hydrazone groups is 1. The quantitative estimate of drug-likeness (QED) is 0.766. The number of carbonyl (C=O) groups is 3. The minimum Gasteiger partial charge on any atom is -0.480 e. The number of carbonyl (C=O) groups excluding carboxylic acids is 2. The van der Waals surface area contributed by atoms with E-state index in [-0.39, 0.29) is 37.5 Å². The highest BCUT2D eigenvalue weighted by Crippen LogP contribution is 2.19. The van der Waals surface area contributed by atoms with Crippen LogP contribution >= 0.6 is 0 Å². The second-order valence-corrected chi connectivity index (χ2v) is 5.23. The summed E-state index contributed by atoms with van der Waals surface area (Å²) in [6, 6.07) is 7.68. The van der Waals surface area contributed by atoms with Crippen molar-refractivity contribution in [2.75, 3.05) is 18.7 Å². The van der Waals surface area contributed by atoms with E-state index in [1.807, 2.05) is 6.07 Å². The minimum atomic E-state index is -1.15. The number of aliphatic carboxylic acids is 1. The number of amides is 2. The van der Waals surface area contributed by atoms with Gasteiger partial charge in [0.15, 0.2) is 0 Å². The number of nitrogens with one attached hydrogen (secondary N) is 1. The molecule has 1 unspecified atom stereocenters. The Morgan fingerprint density at radius 2 is 2.04 bits per heavy atom. The maximum absolute atomic E-state index is 12.3. The monoisotopic (exact) mass is 333 g/mol. The van der Waals surface area contributed by atoms with Crippen molar-refractivity contribution in [3.05, 3.63) is 30.3 Å². The van der Waals surface area contributed by atoms with E-state index in [9.17, 15) is 14.4 Å². The topological polar surface area (TPSA) is 108 Å². The van der Waals surface area contributed by atoms with Crippen LogP contribution < -0.4 is 10.3 Å². The van der Waals surface area contributed by atoms with Crippen molar-refractivity contribution >= 4 is 29.2 Å². The van der Waals surface area contributed by atoms with Gasteiger partial charge in [-0.15, -0.1) is 0 Å². The minimum absolute atomic E-state index is 0.127. The molecule has 1 atom stereocenters. The van der Waals surface area contributed by atoms with E-state index in [2.05, 4.69) is 10.4 Å². The third-order valence-corrected chi connectivity index (χ3v) is 3.51. The van der Waals surface area contributed by atoms with E-state index in [0.29, 0.717) is 5.69 Å². The molecule has 1 heterocycles. The average Bonchev–Trinajstić information content (AvgIpc) is 2.59. The average molecular weight is 333 g/mol. The Balaban J connectivity index is 2.13. The Hall–Kier alpha value is -2.74. The van der Waals surface area contributed by atoms with Gasteiger partial charge in [-0.1, -0.05) is 18.2 Å². The van der Waals surface area contributed by atoms with Crippen LogP contribution in [0.5, 0.6) is 0 Å². The fourth-order valence-electron chi connectivity index (χ4n) is 2.22. The number of para-hydroxylation sites is 1. The van der Waals surface area contributed by atoms with Crippen LogP contribution in [0.1, 0.15) is 19.3 Å². The fraction of sp³-hybridized carbons (Fsp3) is 0.375. The second-order valence-electron chi connectivity index (χ2n) is 5.23. The highest BCUT2D eigenvalue weighted by molar-refractivity contribution is 6.40. The number of ether oxygens (including phenoxy) is 1. The number of carboxylic acid groups (broad SMARTS) is 1. The lowest BCUT2D eigenvalue weighted by molar-refractivity contribution is -0.141. The van der Waals surface area contributed by atoms with Crippen LogP contribution in [0.15, 0.2) is 35.4 Å². The van der Waals surface area contributed by atoms with Crippen LogP contribution in [-0.2, 0) is 19.1 Å². The van der Waals surface area contributed by atoms with Gasteiger partial charge in [-0.05, 0) is 12.1 Å². The summed E-state index contributed by atoms with van der Waals surface area (Å²) >= 11 is 0. The summed E-state index contributed by atoms with van der Waals surface area (Å²) in [5.41, 5.74) is 0.684. The van der Waals surface area contributed by atoms with Crippen molar-refractivity contribution < 1.29 is 24.2 Å². The fourth-order valence-corrected chi connectivity index (χ4v) is 2.22. The number of hydrogen-bond donors (Lipinski definition) is 2. The number of nitrogens with zero attached hydrogens (tertiary/aromatic N) is 2. The third-order valence-electron chi connectivity index (χ3n) is 3.51. The highest BCUT2D eigenvalue weighted by atomic mass is 16.5. The van der Waals surface area contributed by atoms with Crippen molar-refractivity contribution in [3.8, 4) is 0 Å². The Morgan fingerprint density at radius 3 is 2.67 bits per heavy atom. The molecule has 24 heavy (non-hydrogen) atoms. The molecule has 0 aliphatic carbocycles. The summed E-state index contributed by atoms with van der Waals surface area (Å²) in [6.07, 6.45) is 0.452. The molecule has 1 aliphatic rings. The van der Waals surface area contributed by atoms with Crippen LogP contribution in [0, 0.1) is 0 Å². The molecule has 1 aliphatic heterocycles. The molecule has 8 heteroatoms. The van der Waals surface area contributed by atoms with E-state index in [1.54, 1.807) is 24.3 Å². The molecule has 8 nitrogen and oxygen atoms in total. The molecule has 0 aromatic heterocycles. The van der Waals surface area contributed by atoms with E-state index in [4.69, 9.17) is 9.84 Å². The predicted octanol–water partition coefficient (Wildman–Crippen LogP) is 0.775. The van der Waals surface area contributed by atoms with Crippen LogP contribution in [0.4, 0.5) is 5.69 Å². The molecule has 0 spiro atoms. The molecule has 1 aromatic carbocycles. The van der Waals surface area contributed by atoms with Gasteiger partial charge < -0.3 is 15.2 Å². The van der Waals surface area contributed by atoms with E-state index >= 15 is 0 Å². The molecular weight excluding hydrogens is 314 g/mol. The molecule has 2 amide bonds. The van der Waals surface area contributed by atoms with Gasteiger partial charge in [0.1, 0.15) is 11.8 Å². The van der Waals surface area contributed by atoms with Crippen LogP contribution in [0.2, 0.25) is 0 Å². The van der Waals surface area contributed by atoms with Crippen LogP contribution in [0.25, 0.3) is 0 Å². The molecule has 0 fully saturated rings. The molecule has 0 saturated heterocycles. The first-order valence-corrected chi connectivity index (χ1v) is 7.51. The van der Waals surface area contributed by atoms with Gasteiger partial charge in [0.05, 0.1) is 5.69 Å². The van der Waals surface area contributed by atoms with Gasteiger partial charge in [-0.25, -0.2) is 9.80 Å². The van der Waals surface area contributed by atoms with Crippen molar-refractivity contribution in [2.24, 2.45) is 5.10 Å². The largest absolute Gasteiger partial charge is 0.480 e. The molecule has 0 radical (unpaired) electrons. The van der Waals surface area contributed by atoms with Crippen molar-refractivity contribution in [1.82, 2.24) is 5.32 Å². The lowest BCUT2D eigenvalue weighted by Gasteiger charge is -2.23. The smallest absolute Gasteiger partial charge is 0.326 e. The zero-order valence-corrected chi connectivity index (χ0v) is 13.3. The zero-order chi connectivity index (χ0) is 17.5. The lowest BCUT2D eigenvalue weighted by atomic mass is 10.1. The van der Waals surface area contributed by atoms with Gasteiger partial charge in [0, 0.05) is 33.0 Å². The van der Waals surface area contributed by atoms with Gasteiger partial charge >= 0.3 is 5.97 Å². The summed E-state index contributed by atoms with van der Waals surface area (Å²) in [5.74, 6) is -1.95. The lowest BCUT2D eigenvalue weighted by Crippen LogP contribution is -2.46. The van der Waals surface area contributed by atoms with Crippen LogP contribution in [-0.4, -0.2) is 48.4 Å². The summed E-state index contributed by atoms with van der Waals surface area (Å²) in [4.78, 5) is 35.5. The Kier molecular flexibility index (Phi) is 6.02. The molecule has 0 saturated carbocycles. The van der Waals surface area contributed by atoms with Crippen molar-refractivity contribution in [3.63, 3.8) is 0 Å². The summed E-state index contributed by atoms with van der Waals surface area (Å²) < 4.78 is 4.84. The Labute approximate surface area is 139 Å². The molecule has 0 bridgehead atoms. The first-order chi connectivity index (χ1) is 11.5. The van der Waals surface area contributed by atoms with Crippen molar-refractivity contribution in [1.29, 1.82) is 0 Å². The number of carboxylic acids is 1. The third kappa shape index (κ3) is 4.39. The van der Waals surface area contributed by atoms with Gasteiger partial charge in [0.25, 0.3) is 5.91 Å². The van der Waals surface area contributed by atoms with Crippen molar-refractivity contribution in [2.45, 2.75) is 25.3 Å². The molecular formula is C16H19N3O5. The summed E-state index contributed by atoms with van der Waals surface area (Å²) in [5, 5.41) is 16.8. The van der Waals surface area contributed by atoms with E-state index < -0.39 is 17.9 Å². The van der Waals surface area contributed by atoms with Gasteiger partial charge in [0.2, 0.25) is 5.91 Å². The predicted molar refractivity (Wildman–Crippen MR) is 86.7 cm³/mol. The molecule has 128 valence electrons. The number of anilines is 1. The maximum Gasteiger partial charge on any atom is 0.326 e. The molecule has 2 N–H and O–H groups in total. The van der Waals surface area contributed by atoms with Crippen LogP contribution in [0.3, 0.4) is 0 Å². The van der Waals surface area contributed by atoms with E-state index in [0.717, 1.165) is 0 Å². The standard InChI is InChI=1S/C16H19N3O5/c1-24-10-9-13(16(22)23)17-15(21)12-7-8-14(20)19(18-12)11-5-3-2-4-6-11/h2-6,13H,7-10H2,1H3,(H,17,21)(H,22,23). The normalized spacial score (nSPS) is 15.6. The highest BCUT2D eigenvalue weighted by Gasteiger charge is 2.28. The number of methoxy groups -OCH3 is 1. The SMILES string of the molecule is COCCC(NC(=O)C1=NN(c2ccccc2)C(=O)CC1)C(=O)O. The van der Waals surface area contributed by atoms with Gasteiger partial charge in [-0.3, -0.25) is 9.59 Å². The molecule has 2 rings (SSSR count). The Bertz CT molecular complexity index is 644. The number of rotatable bonds is 7. The zero-order valence-electron chi connectivity index (χ0n) is 13.3. The number of hydrogen-bond acceptors (Lipinski definition) is 5. The van der Waals surface area contributed by atoms with E-state index in [1.165, 1.54) is 12.1 Å². The first kappa shape index (κ1) is 17.6. The number of benzene rings is 1. The summed E-state index contributed by atoms with van der Waals surface area (Å²) in [7, 11) is 1.45. The summed E-state index contributed by atoms with van der Waals surface area (Å²) in [6.45, 7) is 0.207. The molecule has 1 aromatic rings. The second kappa shape index (κ2) is 8.21. The maximum atomic E-state index is 12.3. The first-order valence-electron chi connectivity index (χ1n) is 7.51. The Morgan fingerprint density at radius 1 is 1.33 bits per heavy atom.